The fraction of sp³-hybridized carbons (Fsp3) is 0.381. The number of hydrogen-bond donors (Lipinski definition) is 1. The highest BCUT2D eigenvalue weighted by Crippen LogP contribution is 2.35. The largest absolute Gasteiger partial charge is 0.324 e. The molecule has 1 aliphatic carbocycles. The molecule has 0 aliphatic heterocycles. The van der Waals surface area contributed by atoms with Crippen LogP contribution in [0.4, 0.5) is 5.69 Å². The highest BCUT2D eigenvalue weighted by molar-refractivity contribution is 7.18. The van der Waals surface area contributed by atoms with Gasteiger partial charge in [0.2, 0.25) is 5.91 Å². The molecule has 1 aliphatic rings. The van der Waals surface area contributed by atoms with Crippen molar-refractivity contribution < 1.29 is 4.79 Å². The lowest BCUT2D eigenvalue weighted by atomic mass is 9.89. The van der Waals surface area contributed by atoms with E-state index in [0.717, 1.165) is 35.2 Å². The molecule has 0 spiro atoms. The minimum absolute atomic E-state index is 0.137. The Morgan fingerprint density at radius 3 is 3.00 bits per heavy atom. The molecule has 0 saturated heterocycles. The number of thiophene rings is 1. The van der Waals surface area contributed by atoms with Gasteiger partial charge >= 0.3 is 0 Å². The summed E-state index contributed by atoms with van der Waals surface area (Å²) in [7, 11) is 0. The smallest absolute Gasteiger partial charge is 0.263 e. The van der Waals surface area contributed by atoms with E-state index in [1.807, 2.05) is 13.0 Å². The number of hydrogen-bond acceptors (Lipinski definition) is 4. The molecule has 1 amide bonds. The van der Waals surface area contributed by atoms with Gasteiger partial charge < -0.3 is 5.32 Å². The van der Waals surface area contributed by atoms with Crippen LogP contribution in [0.2, 0.25) is 5.02 Å². The Bertz CT molecular complexity index is 1130. The van der Waals surface area contributed by atoms with Gasteiger partial charge in [-0.2, -0.15) is 0 Å². The van der Waals surface area contributed by atoms with Crippen molar-refractivity contribution in [2.45, 2.75) is 46.1 Å². The maximum atomic E-state index is 13.2. The molecule has 146 valence electrons. The van der Waals surface area contributed by atoms with Gasteiger partial charge in [-0.25, -0.2) is 4.98 Å². The van der Waals surface area contributed by atoms with Gasteiger partial charge in [-0.15, -0.1) is 11.3 Å². The summed E-state index contributed by atoms with van der Waals surface area (Å²) in [4.78, 5) is 32.5. The third-order valence-electron chi connectivity index (χ3n) is 5.50. The second-order valence-corrected chi connectivity index (χ2v) is 9.13. The minimum Gasteiger partial charge on any atom is -0.324 e. The van der Waals surface area contributed by atoms with E-state index in [1.165, 1.54) is 15.8 Å². The van der Waals surface area contributed by atoms with Crippen LogP contribution >= 0.6 is 22.9 Å². The number of carbonyl (C=O) groups excluding carboxylic acids is 1. The number of benzene rings is 1. The van der Waals surface area contributed by atoms with Crippen LogP contribution in [0.3, 0.4) is 0 Å². The molecule has 2 aromatic heterocycles. The number of amides is 1. The van der Waals surface area contributed by atoms with E-state index in [1.54, 1.807) is 30.4 Å². The summed E-state index contributed by atoms with van der Waals surface area (Å²) in [6.07, 6.45) is 4.47. The molecule has 0 saturated carbocycles. The van der Waals surface area contributed by atoms with Gasteiger partial charge in [0.05, 0.1) is 11.7 Å². The van der Waals surface area contributed by atoms with E-state index < -0.39 is 6.04 Å². The zero-order chi connectivity index (χ0) is 20.0. The fourth-order valence-electron chi connectivity index (χ4n) is 3.71. The van der Waals surface area contributed by atoms with Gasteiger partial charge in [0, 0.05) is 15.6 Å². The van der Waals surface area contributed by atoms with Crippen molar-refractivity contribution in [2.75, 3.05) is 5.32 Å². The number of fused-ring (bicyclic) bond motifs is 3. The Morgan fingerprint density at radius 1 is 1.43 bits per heavy atom. The quantitative estimate of drug-likeness (QED) is 0.671. The highest BCUT2D eigenvalue weighted by Gasteiger charge is 2.25. The van der Waals surface area contributed by atoms with Crippen molar-refractivity contribution in [1.82, 2.24) is 9.55 Å². The normalized spacial score (nSPS) is 17.4. The predicted octanol–water partition coefficient (Wildman–Crippen LogP) is 4.74. The van der Waals surface area contributed by atoms with Crippen LogP contribution < -0.4 is 10.9 Å². The number of rotatable bonds is 3. The van der Waals surface area contributed by atoms with Crippen molar-refractivity contribution in [3.8, 4) is 0 Å². The Kier molecular flexibility index (Phi) is 5.02. The molecule has 5 nitrogen and oxygen atoms in total. The van der Waals surface area contributed by atoms with Gasteiger partial charge in [0.15, 0.2) is 0 Å². The number of anilines is 1. The summed E-state index contributed by atoms with van der Waals surface area (Å²) in [5, 5.41) is 4.12. The van der Waals surface area contributed by atoms with E-state index >= 15 is 0 Å². The number of nitrogens with one attached hydrogen (secondary N) is 1. The number of aryl methyl sites for hydroxylation is 2. The van der Waals surface area contributed by atoms with Crippen molar-refractivity contribution in [3.63, 3.8) is 0 Å². The number of nitrogens with zero attached hydrogens (tertiary/aromatic N) is 2. The van der Waals surface area contributed by atoms with Gasteiger partial charge in [-0.05, 0) is 62.3 Å². The van der Waals surface area contributed by atoms with E-state index in [-0.39, 0.29) is 11.5 Å². The molecule has 0 radical (unpaired) electrons. The first-order chi connectivity index (χ1) is 13.3. The van der Waals surface area contributed by atoms with E-state index in [0.29, 0.717) is 22.0 Å². The summed E-state index contributed by atoms with van der Waals surface area (Å²) < 4.78 is 1.43. The van der Waals surface area contributed by atoms with Crippen molar-refractivity contribution in [1.29, 1.82) is 0 Å². The van der Waals surface area contributed by atoms with Crippen LogP contribution in [-0.2, 0) is 17.6 Å². The van der Waals surface area contributed by atoms with Crippen LogP contribution in [0, 0.1) is 12.8 Å². The molecule has 7 heteroatoms. The molecular formula is C21H22ClN3O2S. The molecular weight excluding hydrogens is 394 g/mol. The van der Waals surface area contributed by atoms with Crippen molar-refractivity contribution in [3.05, 3.63) is 55.9 Å². The Balaban J connectivity index is 1.68. The van der Waals surface area contributed by atoms with Gasteiger partial charge in [0.1, 0.15) is 10.9 Å². The zero-order valence-corrected chi connectivity index (χ0v) is 17.7. The van der Waals surface area contributed by atoms with E-state index in [2.05, 4.69) is 17.2 Å². The molecule has 2 atom stereocenters. The average molecular weight is 416 g/mol. The standard InChI is InChI=1S/C21H22ClN3O2S/c1-11-4-7-15-17(8-11)28-20-18(15)21(27)25(10-23-20)13(3)19(26)24-16-9-14(22)6-5-12(16)2/h5-6,9-11,13H,4,7-8H2,1-3H3,(H,24,26). The van der Waals surface area contributed by atoms with Crippen LogP contribution in [0.1, 0.15) is 42.3 Å². The molecule has 28 heavy (non-hydrogen) atoms. The Morgan fingerprint density at radius 2 is 2.21 bits per heavy atom. The molecule has 2 heterocycles. The summed E-state index contributed by atoms with van der Waals surface area (Å²) in [5.41, 5.74) is 2.55. The number of carbonyl (C=O) groups is 1. The summed E-state index contributed by atoms with van der Waals surface area (Å²) in [6.45, 7) is 5.85. The Labute approximate surface area is 172 Å². The molecule has 0 fully saturated rings. The third-order valence-corrected chi connectivity index (χ3v) is 6.89. The second-order valence-electron chi connectivity index (χ2n) is 7.61. The highest BCUT2D eigenvalue weighted by atomic mass is 35.5. The first kappa shape index (κ1) is 19.2. The first-order valence-electron chi connectivity index (χ1n) is 9.43. The zero-order valence-electron chi connectivity index (χ0n) is 16.1. The monoisotopic (exact) mass is 415 g/mol. The molecule has 2 unspecified atom stereocenters. The average Bonchev–Trinajstić information content (AvgIpc) is 3.02. The van der Waals surface area contributed by atoms with Gasteiger partial charge in [-0.3, -0.25) is 14.2 Å². The maximum Gasteiger partial charge on any atom is 0.263 e. The lowest BCUT2D eigenvalue weighted by Crippen LogP contribution is -2.32. The molecule has 1 N–H and O–H groups in total. The van der Waals surface area contributed by atoms with Gasteiger partial charge in [-0.1, -0.05) is 24.6 Å². The summed E-state index contributed by atoms with van der Waals surface area (Å²) in [6, 6.07) is 4.66. The third kappa shape index (κ3) is 3.35. The number of halogens is 1. The fourth-order valence-corrected chi connectivity index (χ4v) is 5.23. The molecule has 3 aromatic rings. The first-order valence-corrected chi connectivity index (χ1v) is 10.6. The van der Waals surface area contributed by atoms with Gasteiger partial charge in [0.25, 0.3) is 5.56 Å². The minimum atomic E-state index is -0.680. The van der Waals surface area contributed by atoms with Crippen molar-refractivity contribution >= 4 is 44.7 Å². The Hall–Kier alpha value is -2.18. The molecule has 0 bridgehead atoms. The van der Waals surface area contributed by atoms with Crippen molar-refractivity contribution in [2.24, 2.45) is 5.92 Å². The summed E-state index contributed by atoms with van der Waals surface area (Å²) in [5.74, 6) is 0.361. The maximum absolute atomic E-state index is 13.2. The van der Waals surface area contributed by atoms with E-state index in [9.17, 15) is 9.59 Å². The second kappa shape index (κ2) is 7.33. The van der Waals surface area contributed by atoms with Crippen LogP contribution in [-0.4, -0.2) is 15.5 Å². The SMILES string of the molecule is Cc1ccc(Cl)cc1NC(=O)C(C)n1cnc2sc3c(c2c1=O)CCC(C)C3. The lowest BCUT2D eigenvalue weighted by Gasteiger charge is -2.18. The number of aromatic nitrogens is 2. The topological polar surface area (TPSA) is 64.0 Å². The van der Waals surface area contributed by atoms with Crippen LogP contribution in [0.15, 0.2) is 29.3 Å². The molecule has 1 aromatic carbocycles. The van der Waals surface area contributed by atoms with Crippen LogP contribution in [0.5, 0.6) is 0 Å². The van der Waals surface area contributed by atoms with E-state index in [4.69, 9.17) is 11.6 Å². The lowest BCUT2D eigenvalue weighted by molar-refractivity contribution is -0.118. The summed E-state index contributed by atoms with van der Waals surface area (Å²) >= 11 is 7.65. The van der Waals surface area contributed by atoms with Crippen LogP contribution in [0.25, 0.3) is 10.2 Å². The molecule has 4 rings (SSSR count). The predicted molar refractivity (Wildman–Crippen MR) is 115 cm³/mol.